The van der Waals surface area contributed by atoms with Gasteiger partial charge in [-0.2, -0.15) is 0 Å². The van der Waals surface area contributed by atoms with E-state index in [1.807, 2.05) is 6.92 Å². The smallest absolute Gasteiger partial charge is 0.268 e. The van der Waals surface area contributed by atoms with Gasteiger partial charge in [-0.15, -0.1) is 0 Å². The minimum Gasteiger partial charge on any atom is -0.495 e. The van der Waals surface area contributed by atoms with Gasteiger partial charge in [-0.25, -0.2) is 8.42 Å². The van der Waals surface area contributed by atoms with E-state index in [4.69, 9.17) is 9.57 Å². The molecule has 0 bridgehead atoms. The highest BCUT2D eigenvalue weighted by Crippen LogP contribution is 2.26. The zero-order valence-corrected chi connectivity index (χ0v) is 11.7. The standard InChI is InChI=1S/C12H19NO4S/c1-4-10-13(17-5-2)18(14,15)12-9-7-6-8-11(12)16-3/h6-9H,4-5,10H2,1-3H3. The second-order valence-corrected chi connectivity index (χ2v) is 5.40. The SMILES string of the molecule is CCCN(OCC)S(=O)(=O)c1ccccc1OC. The van der Waals surface area contributed by atoms with Gasteiger partial charge >= 0.3 is 0 Å². The molecular weight excluding hydrogens is 254 g/mol. The van der Waals surface area contributed by atoms with Crippen LogP contribution < -0.4 is 4.74 Å². The Hall–Kier alpha value is -1.11. The lowest BCUT2D eigenvalue weighted by Crippen LogP contribution is -2.32. The first-order valence-corrected chi connectivity index (χ1v) is 7.30. The number of benzene rings is 1. The molecule has 0 aliphatic heterocycles. The zero-order chi connectivity index (χ0) is 13.6. The second-order valence-electron chi connectivity index (χ2n) is 3.60. The van der Waals surface area contributed by atoms with E-state index in [-0.39, 0.29) is 4.90 Å². The van der Waals surface area contributed by atoms with E-state index in [1.165, 1.54) is 13.2 Å². The number of rotatable bonds is 7. The van der Waals surface area contributed by atoms with Gasteiger partial charge in [0.05, 0.1) is 13.7 Å². The molecule has 0 saturated heterocycles. The average Bonchev–Trinajstić information content (AvgIpc) is 2.38. The molecule has 1 aromatic rings. The van der Waals surface area contributed by atoms with Crippen molar-refractivity contribution in [2.45, 2.75) is 25.2 Å². The lowest BCUT2D eigenvalue weighted by molar-refractivity contribution is -0.0779. The van der Waals surface area contributed by atoms with Gasteiger partial charge in [0.25, 0.3) is 10.0 Å². The summed E-state index contributed by atoms with van der Waals surface area (Å²) in [5, 5.41) is 0. The molecule has 0 fully saturated rings. The van der Waals surface area contributed by atoms with Gasteiger partial charge in [0.2, 0.25) is 0 Å². The molecule has 0 amide bonds. The van der Waals surface area contributed by atoms with Crippen LogP contribution in [-0.4, -0.2) is 33.1 Å². The Labute approximate surface area is 108 Å². The van der Waals surface area contributed by atoms with Gasteiger partial charge in [-0.3, -0.25) is 4.84 Å². The lowest BCUT2D eigenvalue weighted by Gasteiger charge is -2.21. The van der Waals surface area contributed by atoms with Crippen molar-refractivity contribution in [3.05, 3.63) is 24.3 Å². The van der Waals surface area contributed by atoms with Gasteiger partial charge in [0, 0.05) is 6.54 Å². The van der Waals surface area contributed by atoms with E-state index < -0.39 is 10.0 Å². The van der Waals surface area contributed by atoms with Gasteiger partial charge in [0.15, 0.2) is 0 Å². The molecular formula is C12H19NO4S. The highest BCUT2D eigenvalue weighted by Gasteiger charge is 2.27. The van der Waals surface area contributed by atoms with Gasteiger partial charge < -0.3 is 4.74 Å². The number of hydroxylamine groups is 1. The Morgan fingerprint density at radius 1 is 1.22 bits per heavy atom. The first-order chi connectivity index (χ1) is 8.57. The second kappa shape index (κ2) is 6.72. The molecule has 6 heteroatoms. The van der Waals surface area contributed by atoms with Crippen molar-refractivity contribution in [1.82, 2.24) is 4.47 Å². The quantitative estimate of drug-likeness (QED) is 0.713. The molecule has 0 N–H and O–H groups in total. The minimum atomic E-state index is -3.68. The Bertz CT molecular complexity index is 467. The predicted molar refractivity (Wildman–Crippen MR) is 68.8 cm³/mol. The lowest BCUT2D eigenvalue weighted by atomic mass is 10.3. The van der Waals surface area contributed by atoms with Crippen molar-refractivity contribution < 1.29 is 18.0 Å². The summed E-state index contributed by atoms with van der Waals surface area (Å²) in [5.74, 6) is 0.318. The molecule has 0 atom stereocenters. The Balaban J connectivity index is 3.17. The van der Waals surface area contributed by atoms with E-state index in [0.29, 0.717) is 25.3 Å². The molecule has 0 aromatic heterocycles. The molecule has 102 valence electrons. The van der Waals surface area contributed by atoms with Crippen LogP contribution >= 0.6 is 0 Å². The third-order valence-electron chi connectivity index (χ3n) is 2.29. The van der Waals surface area contributed by atoms with E-state index in [0.717, 1.165) is 4.47 Å². The Kier molecular flexibility index (Phi) is 5.58. The largest absolute Gasteiger partial charge is 0.495 e. The highest BCUT2D eigenvalue weighted by molar-refractivity contribution is 7.89. The van der Waals surface area contributed by atoms with Crippen LogP contribution in [0.4, 0.5) is 0 Å². The first-order valence-electron chi connectivity index (χ1n) is 5.86. The maximum absolute atomic E-state index is 12.4. The Morgan fingerprint density at radius 3 is 2.44 bits per heavy atom. The molecule has 0 heterocycles. The maximum atomic E-state index is 12.4. The van der Waals surface area contributed by atoms with Crippen LogP contribution in [0.5, 0.6) is 5.75 Å². The van der Waals surface area contributed by atoms with Crippen molar-refractivity contribution in [3.63, 3.8) is 0 Å². The predicted octanol–water partition coefficient (Wildman–Crippen LogP) is 2.05. The van der Waals surface area contributed by atoms with Crippen LogP contribution in [0.3, 0.4) is 0 Å². The molecule has 0 aliphatic rings. The topological polar surface area (TPSA) is 55.8 Å². The number of para-hydroxylation sites is 1. The fourth-order valence-corrected chi connectivity index (χ4v) is 3.06. The molecule has 1 aromatic carbocycles. The minimum absolute atomic E-state index is 0.120. The molecule has 0 saturated carbocycles. The van der Waals surface area contributed by atoms with Crippen molar-refractivity contribution in [2.75, 3.05) is 20.3 Å². The number of hydrogen-bond acceptors (Lipinski definition) is 4. The summed E-state index contributed by atoms with van der Waals surface area (Å²) >= 11 is 0. The van der Waals surface area contributed by atoms with Gasteiger partial charge in [-0.1, -0.05) is 23.5 Å². The van der Waals surface area contributed by atoms with Crippen LogP contribution in [0.25, 0.3) is 0 Å². The average molecular weight is 273 g/mol. The zero-order valence-electron chi connectivity index (χ0n) is 10.9. The summed E-state index contributed by atoms with van der Waals surface area (Å²) in [4.78, 5) is 5.31. The van der Waals surface area contributed by atoms with Crippen LogP contribution in [0.1, 0.15) is 20.3 Å². The molecule has 0 aliphatic carbocycles. The van der Waals surface area contributed by atoms with Crippen molar-refractivity contribution in [1.29, 1.82) is 0 Å². The third-order valence-corrected chi connectivity index (χ3v) is 4.01. The molecule has 0 radical (unpaired) electrons. The van der Waals surface area contributed by atoms with Crippen LogP contribution in [0, 0.1) is 0 Å². The maximum Gasteiger partial charge on any atom is 0.268 e. The first kappa shape index (κ1) is 14.9. The van der Waals surface area contributed by atoms with Gasteiger partial charge in [-0.05, 0) is 25.5 Å². The summed E-state index contributed by atoms with van der Waals surface area (Å²) in [6.07, 6.45) is 0.675. The van der Waals surface area contributed by atoms with Crippen molar-refractivity contribution in [2.24, 2.45) is 0 Å². The highest BCUT2D eigenvalue weighted by atomic mass is 32.2. The van der Waals surface area contributed by atoms with Gasteiger partial charge in [0.1, 0.15) is 10.6 Å². The molecule has 5 nitrogen and oxygen atoms in total. The molecule has 0 spiro atoms. The summed E-state index contributed by atoms with van der Waals surface area (Å²) in [6, 6.07) is 6.51. The molecule has 1 rings (SSSR count). The molecule has 18 heavy (non-hydrogen) atoms. The fraction of sp³-hybridized carbons (Fsp3) is 0.500. The van der Waals surface area contributed by atoms with E-state index in [9.17, 15) is 8.42 Å². The Morgan fingerprint density at radius 2 is 1.89 bits per heavy atom. The summed E-state index contributed by atoms with van der Waals surface area (Å²) in [6.45, 7) is 4.26. The van der Waals surface area contributed by atoms with Crippen LogP contribution in [0.15, 0.2) is 29.2 Å². The summed E-state index contributed by atoms with van der Waals surface area (Å²) in [7, 11) is -2.24. The third kappa shape index (κ3) is 3.22. The van der Waals surface area contributed by atoms with Crippen LogP contribution in [-0.2, 0) is 14.9 Å². The number of hydrogen-bond donors (Lipinski definition) is 0. The summed E-state index contributed by atoms with van der Waals surface area (Å²) < 4.78 is 30.9. The van der Waals surface area contributed by atoms with Crippen molar-refractivity contribution in [3.8, 4) is 5.75 Å². The van der Waals surface area contributed by atoms with E-state index in [2.05, 4.69) is 0 Å². The number of sulfonamides is 1. The van der Waals surface area contributed by atoms with E-state index >= 15 is 0 Å². The monoisotopic (exact) mass is 273 g/mol. The fourth-order valence-electron chi connectivity index (χ4n) is 1.52. The number of methoxy groups -OCH3 is 1. The summed E-state index contributed by atoms with van der Waals surface area (Å²) in [5.41, 5.74) is 0. The van der Waals surface area contributed by atoms with Crippen LogP contribution in [0.2, 0.25) is 0 Å². The normalized spacial score (nSPS) is 11.8. The van der Waals surface area contributed by atoms with E-state index in [1.54, 1.807) is 25.1 Å². The van der Waals surface area contributed by atoms with Crippen molar-refractivity contribution >= 4 is 10.0 Å². The number of nitrogens with zero attached hydrogens (tertiary/aromatic N) is 1. The number of ether oxygens (including phenoxy) is 1. The molecule has 0 unspecified atom stereocenters.